The molecule has 4 nitrogen and oxygen atoms in total. The first-order chi connectivity index (χ1) is 8.74. The summed E-state index contributed by atoms with van der Waals surface area (Å²) in [6.07, 6.45) is 1.92. The number of hydrogen-bond donors (Lipinski definition) is 1. The minimum absolute atomic E-state index is 0.628. The number of anilines is 1. The smallest absolute Gasteiger partial charge is 0.200 e. The zero-order chi connectivity index (χ0) is 12.5. The van der Waals surface area contributed by atoms with Crippen LogP contribution in [0.5, 0.6) is 0 Å². The SMILES string of the molecule is Nc1cc(Cl)ccc1Sc1nnc2ccccn12. The van der Waals surface area contributed by atoms with Crippen LogP contribution in [0.4, 0.5) is 5.69 Å². The van der Waals surface area contributed by atoms with Crippen molar-refractivity contribution in [2.45, 2.75) is 10.1 Å². The molecule has 3 rings (SSSR count). The molecule has 0 saturated carbocycles. The number of halogens is 1. The summed E-state index contributed by atoms with van der Waals surface area (Å²) in [5.41, 5.74) is 7.37. The van der Waals surface area contributed by atoms with Crippen LogP contribution in [0, 0.1) is 0 Å². The molecule has 0 radical (unpaired) electrons. The Morgan fingerprint density at radius 3 is 2.89 bits per heavy atom. The molecule has 2 aromatic heterocycles. The number of hydrogen-bond acceptors (Lipinski definition) is 4. The summed E-state index contributed by atoms with van der Waals surface area (Å²) in [7, 11) is 0. The largest absolute Gasteiger partial charge is 0.398 e. The van der Waals surface area contributed by atoms with E-state index in [-0.39, 0.29) is 0 Å². The Morgan fingerprint density at radius 1 is 1.17 bits per heavy atom. The van der Waals surface area contributed by atoms with Crippen molar-refractivity contribution in [3.63, 3.8) is 0 Å². The summed E-state index contributed by atoms with van der Waals surface area (Å²) in [5, 5.41) is 9.63. The summed E-state index contributed by atoms with van der Waals surface area (Å²) in [6, 6.07) is 11.2. The third kappa shape index (κ3) is 2.02. The Balaban J connectivity index is 2.01. The van der Waals surface area contributed by atoms with Crippen LogP contribution >= 0.6 is 23.4 Å². The van der Waals surface area contributed by atoms with Crippen LogP contribution in [0.1, 0.15) is 0 Å². The Bertz CT molecular complexity index is 710. The van der Waals surface area contributed by atoms with E-state index in [1.165, 1.54) is 11.8 Å². The normalized spacial score (nSPS) is 10.9. The van der Waals surface area contributed by atoms with E-state index in [0.717, 1.165) is 15.7 Å². The van der Waals surface area contributed by atoms with Gasteiger partial charge in [0.15, 0.2) is 10.8 Å². The van der Waals surface area contributed by atoms with Gasteiger partial charge in [-0.25, -0.2) is 0 Å². The minimum Gasteiger partial charge on any atom is -0.398 e. The van der Waals surface area contributed by atoms with Crippen LogP contribution in [0.2, 0.25) is 5.02 Å². The van der Waals surface area contributed by atoms with Crippen molar-refractivity contribution >= 4 is 34.7 Å². The highest BCUT2D eigenvalue weighted by Crippen LogP contribution is 2.32. The van der Waals surface area contributed by atoms with Gasteiger partial charge in [0.2, 0.25) is 0 Å². The predicted molar refractivity (Wildman–Crippen MR) is 73.0 cm³/mol. The zero-order valence-electron chi connectivity index (χ0n) is 9.25. The molecular formula is C12H9ClN4S. The monoisotopic (exact) mass is 276 g/mol. The van der Waals surface area contributed by atoms with Crippen molar-refractivity contribution < 1.29 is 0 Å². The second-order valence-electron chi connectivity index (χ2n) is 3.70. The zero-order valence-corrected chi connectivity index (χ0v) is 10.8. The van der Waals surface area contributed by atoms with E-state index in [0.29, 0.717) is 10.7 Å². The molecule has 0 aliphatic heterocycles. The fourth-order valence-electron chi connectivity index (χ4n) is 1.60. The number of benzene rings is 1. The lowest BCUT2D eigenvalue weighted by atomic mass is 10.3. The van der Waals surface area contributed by atoms with Crippen LogP contribution in [0.3, 0.4) is 0 Å². The highest BCUT2D eigenvalue weighted by molar-refractivity contribution is 7.99. The van der Waals surface area contributed by atoms with Crippen molar-refractivity contribution in [1.29, 1.82) is 0 Å². The van der Waals surface area contributed by atoms with E-state index in [4.69, 9.17) is 17.3 Å². The van der Waals surface area contributed by atoms with E-state index >= 15 is 0 Å². The van der Waals surface area contributed by atoms with E-state index in [1.807, 2.05) is 40.9 Å². The van der Waals surface area contributed by atoms with Crippen LogP contribution in [-0.2, 0) is 0 Å². The topological polar surface area (TPSA) is 56.2 Å². The van der Waals surface area contributed by atoms with E-state index in [2.05, 4.69) is 10.2 Å². The summed E-state index contributed by atoms with van der Waals surface area (Å²) >= 11 is 7.34. The van der Waals surface area contributed by atoms with Crippen molar-refractivity contribution in [2.75, 3.05) is 5.73 Å². The maximum Gasteiger partial charge on any atom is 0.200 e. The van der Waals surface area contributed by atoms with Crippen molar-refractivity contribution in [2.24, 2.45) is 0 Å². The number of fused-ring (bicyclic) bond motifs is 1. The summed E-state index contributed by atoms with van der Waals surface area (Å²) in [5.74, 6) is 0. The predicted octanol–water partition coefficient (Wildman–Crippen LogP) is 3.12. The van der Waals surface area contributed by atoms with Crippen LogP contribution in [0.25, 0.3) is 5.65 Å². The van der Waals surface area contributed by atoms with Gasteiger partial charge in [0, 0.05) is 21.8 Å². The highest BCUT2D eigenvalue weighted by atomic mass is 35.5. The summed E-state index contributed by atoms with van der Waals surface area (Å²) < 4.78 is 1.92. The molecule has 0 bridgehead atoms. The quantitative estimate of drug-likeness (QED) is 0.731. The summed E-state index contributed by atoms with van der Waals surface area (Å²) in [4.78, 5) is 0.914. The lowest BCUT2D eigenvalue weighted by Gasteiger charge is -2.04. The molecule has 0 spiro atoms. The number of nitrogen functional groups attached to an aromatic ring is 1. The van der Waals surface area contributed by atoms with Gasteiger partial charge in [0.05, 0.1) is 0 Å². The van der Waals surface area contributed by atoms with Crippen molar-refractivity contribution in [3.8, 4) is 0 Å². The molecule has 2 heterocycles. The van der Waals surface area contributed by atoms with E-state index in [1.54, 1.807) is 6.07 Å². The molecule has 0 aliphatic rings. The molecular weight excluding hydrogens is 268 g/mol. The van der Waals surface area contributed by atoms with E-state index < -0.39 is 0 Å². The number of nitrogens with zero attached hydrogens (tertiary/aromatic N) is 3. The molecule has 0 fully saturated rings. The number of rotatable bonds is 2. The Hall–Kier alpha value is -1.72. The highest BCUT2D eigenvalue weighted by Gasteiger charge is 2.08. The van der Waals surface area contributed by atoms with Crippen LogP contribution in [-0.4, -0.2) is 14.6 Å². The lowest BCUT2D eigenvalue weighted by molar-refractivity contribution is 0.921. The minimum atomic E-state index is 0.628. The van der Waals surface area contributed by atoms with Crippen molar-refractivity contribution in [3.05, 3.63) is 47.6 Å². The van der Waals surface area contributed by atoms with Crippen LogP contribution in [0.15, 0.2) is 52.6 Å². The maximum absolute atomic E-state index is 5.92. The van der Waals surface area contributed by atoms with Crippen LogP contribution < -0.4 is 5.73 Å². The summed E-state index contributed by atoms with van der Waals surface area (Å²) in [6.45, 7) is 0. The molecule has 3 aromatic rings. The van der Waals surface area contributed by atoms with Gasteiger partial charge in [-0.3, -0.25) is 4.40 Å². The van der Waals surface area contributed by atoms with Crippen molar-refractivity contribution in [1.82, 2.24) is 14.6 Å². The van der Waals surface area contributed by atoms with Gasteiger partial charge in [0.25, 0.3) is 0 Å². The fourth-order valence-corrected chi connectivity index (χ4v) is 2.62. The third-order valence-corrected chi connectivity index (χ3v) is 3.74. The maximum atomic E-state index is 5.92. The number of pyridine rings is 1. The average molecular weight is 277 g/mol. The fraction of sp³-hybridized carbons (Fsp3) is 0. The first kappa shape index (κ1) is 11.4. The molecule has 6 heteroatoms. The van der Waals surface area contributed by atoms with E-state index in [9.17, 15) is 0 Å². The molecule has 1 aromatic carbocycles. The number of aromatic nitrogens is 3. The molecule has 0 atom stereocenters. The Labute approximate surface area is 113 Å². The number of nitrogens with two attached hydrogens (primary N) is 1. The van der Waals surface area contributed by atoms with Gasteiger partial charge in [-0.05, 0) is 42.1 Å². The molecule has 90 valence electrons. The molecule has 0 amide bonds. The van der Waals surface area contributed by atoms with Gasteiger partial charge >= 0.3 is 0 Å². The van der Waals surface area contributed by atoms with Gasteiger partial charge in [0.1, 0.15) is 0 Å². The lowest BCUT2D eigenvalue weighted by Crippen LogP contribution is -1.90. The molecule has 18 heavy (non-hydrogen) atoms. The first-order valence-corrected chi connectivity index (χ1v) is 6.46. The first-order valence-electron chi connectivity index (χ1n) is 5.27. The standard InChI is InChI=1S/C12H9ClN4S/c13-8-4-5-10(9(14)7-8)18-12-16-15-11-3-1-2-6-17(11)12/h1-7H,14H2. The van der Waals surface area contributed by atoms with Gasteiger partial charge in [-0.15, -0.1) is 10.2 Å². The van der Waals surface area contributed by atoms with Gasteiger partial charge in [-0.2, -0.15) is 0 Å². The second-order valence-corrected chi connectivity index (χ2v) is 5.14. The van der Waals surface area contributed by atoms with Gasteiger partial charge < -0.3 is 5.73 Å². The third-order valence-electron chi connectivity index (χ3n) is 2.46. The molecule has 0 saturated heterocycles. The second kappa shape index (κ2) is 4.51. The molecule has 0 unspecified atom stereocenters. The Morgan fingerprint density at radius 2 is 2.06 bits per heavy atom. The average Bonchev–Trinajstić information content (AvgIpc) is 2.76. The van der Waals surface area contributed by atoms with Gasteiger partial charge in [-0.1, -0.05) is 17.7 Å². The Kier molecular flexibility index (Phi) is 2.85. The molecule has 2 N–H and O–H groups in total. The molecule has 0 aliphatic carbocycles.